The summed E-state index contributed by atoms with van der Waals surface area (Å²) in [6.45, 7) is 7.09. The predicted molar refractivity (Wildman–Crippen MR) is 130 cm³/mol. The third kappa shape index (κ3) is 5.18. The van der Waals surface area contributed by atoms with Crippen LogP contribution in [0.4, 0.5) is 11.4 Å². The fraction of sp³-hybridized carbons (Fsp3) is 0.292. The highest BCUT2D eigenvalue weighted by Gasteiger charge is 2.27. The van der Waals surface area contributed by atoms with Gasteiger partial charge in [-0.25, -0.2) is 18.2 Å². The number of sulfonamides is 1. The number of fused-ring (bicyclic) bond motifs is 1. The van der Waals surface area contributed by atoms with E-state index in [1.165, 1.54) is 35.6 Å². The van der Waals surface area contributed by atoms with Crippen LogP contribution in [0.2, 0.25) is 0 Å². The van der Waals surface area contributed by atoms with Crippen molar-refractivity contribution in [3.63, 3.8) is 0 Å². The summed E-state index contributed by atoms with van der Waals surface area (Å²) in [5, 5.41) is 5.83. The quantitative estimate of drug-likeness (QED) is 0.607. The van der Waals surface area contributed by atoms with Crippen LogP contribution in [-0.4, -0.2) is 50.1 Å². The van der Waals surface area contributed by atoms with Crippen molar-refractivity contribution < 1.29 is 22.7 Å². The van der Waals surface area contributed by atoms with Gasteiger partial charge in [-0.2, -0.15) is 4.31 Å². The number of ether oxygens (including phenoxy) is 1. The summed E-state index contributed by atoms with van der Waals surface area (Å²) in [6.07, 6.45) is 0. The van der Waals surface area contributed by atoms with Crippen LogP contribution < -0.4 is 10.6 Å². The van der Waals surface area contributed by atoms with Crippen LogP contribution in [0.15, 0.2) is 69.7 Å². The van der Waals surface area contributed by atoms with Gasteiger partial charge >= 0.3 is 5.97 Å². The third-order valence-corrected chi connectivity index (χ3v) is 7.35. The Kier molecular flexibility index (Phi) is 7.53. The molecule has 34 heavy (non-hydrogen) atoms. The number of esters is 1. The van der Waals surface area contributed by atoms with Crippen LogP contribution >= 0.6 is 0 Å². The van der Waals surface area contributed by atoms with Gasteiger partial charge in [-0.3, -0.25) is 4.79 Å². The first-order valence-electron chi connectivity index (χ1n) is 10.8. The van der Waals surface area contributed by atoms with Crippen molar-refractivity contribution in [3.8, 4) is 0 Å². The molecule has 0 aromatic heterocycles. The number of para-hydroxylation sites is 2. The molecule has 3 rings (SSSR count). The molecule has 0 atom stereocenters. The molecule has 0 unspecified atom stereocenters. The van der Waals surface area contributed by atoms with Crippen LogP contribution in [0.3, 0.4) is 0 Å². The number of hydrogen-bond acceptors (Lipinski definition) is 7. The van der Waals surface area contributed by atoms with Crippen molar-refractivity contribution in [3.05, 3.63) is 65.4 Å². The Morgan fingerprint density at radius 1 is 1.12 bits per heavy atom. The highest BCUT2D eigenvalue weighted by atomic mass is 32.2. The summed E-state index contributed by atoms with van der Waals surface area (Å²) in [4.78, 5) is 30.3. The van der Waals surface area contributed by atoms with Gasteiger partial charge in [-0.1, -0.05) is 12.1 Å². The van der Waals surface area contributed by atoms with Gasteiger partial charge in [0.25, 0.3) is 5.91 Å². The van der Waals surface area contributed by atoms with Crippen molar-refractivity contribution in [1.82, 2.24) is 9.62 Å². The number of hydrogen-bond donors (Lipinski definition) is 2. The fourth-order valence-corrected chi connectivity index (χ4v) is 4.61. The normalized spacial score (nSPS) is 13.7. The lowest BCUT2D eigenvalue weighted by Gasteiger charge is -2.21. The topological polar surface area (TPSA) is 117 Å². The minimum Gasteiger partial charge on any atom is -0.462 e. The van der Waals surface area contributed by atoms with Crippen molar-refractivity contribution in [2.45, 2.75) is 38.6 Å². The molecular weight excluding hydrogens is 456 g/mol. The van der Waals surface area contributed by atoms with E-state index in [9.17, 15) is 18.0 Å². The minimum absolute atomic E-state index is 0.0367. The lowest BCUT2D eigenvalue weighted by molar-refractivity contribution is -0.137. The lowest BCUT2D eigenvalue weighted by Crippen LogP contribution is -2.35. The molecule has 0 aliphatic carbocycles. The average Bonchev–Trinajstić information content (AvgIpc) is 2.93. The number of nitrogens with zero attached hydrogens (tertiary/aromatic N) is 2. The van der Waals surface area contributed by atoms with Gasteiger partial charge in [0.15, 0.2) is 0 Å². The SMILES string of the molecule is CCOC(=O)C1=C(C)Nc2ccccc2N=C1NC(=O)c1ccc(S(=O)(=O)N(C)C(C)C)cc1. The van der Waals surface area contributed by atoms with E-state index < -0.39 is 21.9 Å². The van der Waals surface area contributed by atoms with Gasteiger partial charge in [0, 0.05) is 24.4 Å². The van der Waals surface area contributed by atoms with Crippen molar-refractivity contribution in [2.75, 3.05) is 19.0 Å². The number of benzene rings is 2. The summed E-state index contributed by atoms with van der Waals surface area (Å²) >= 11 is 0. The molecular formula is C24H28N4O5S. The Labute approximate surface area is 199 Å². The van der Waals surface area contributed by atoms with E-state index in [-0.39, 0.29) is 34.5 Å². The van der Waals surface area contributed by atoms with E-state index in [0.717, 1.165) is 0 Å². The van der Waals surface area contributed by atoms with Crippen molar-refractivity contribution >= 4 is 39.1 Å². The number of aliphatic imine (C=N–C) groups is 1. The number of amidine groups is 1. The molecule has 1 aliphatic rings. The van der Waals surface area contributed by atoms with Crippen molar-refractivity contribution in [2.24, 2.45) is 4.99 Å². The van der Waals surface area contributed by atoms with Crippen LogP contribution in [0.25, 0.3) is 0 Å². The molecule has 180 valence electrons. The van der Waals surface area contributed by atoms with Gasteiger partial charge in [-0.15, -0.1) is 0 Å². The Morgan fingerprint density at radius 2 is 1.76 bits per heavy atom. The van der Waals surface area contributed by atoms with Crippen LogP contribution in [0, 0.1) is 0 Å². The predicted octanol–water partition coefficient (Wildman–Crippen LogP) is 3.44. The summed E-state index contributed by atoms with van der Waals surface area (Å²) in [7, 11) is -2.18. The fourth-order valence-electron chi connectivity index (χ4n) is 3.24. The first-order valence-corrected chi connectivity index (χ1v) is 12.2. The number of allylic oxidation sites excluding steroid dienone is 1. The van der Waals surface area contributed by atoms with Gasteiger partial charge in [0.05, 0.1) is 22.9 Å². The second-order valence-corrected chi connectivity index (χ2v) is 9.91. The number of amides is 1. The molecule has 2 aromatic rings. The molecule has 0 spiro atoms. The molecule has 9 nitrogen and oxygen atoms in total. The van der Waals surface area contributed by atoms with E-state index in [2.05, 4.69) is 15.6 Å². The lowest BCUT2D eigenvalue weighted by atomic mass is 10.1. The van der Waals surface area contributed by atoms with Crippen LogP contribution in [0.1, 0.15) is 38.1 Å². The molecule has 2 N–H and O–H groups in total. The van der Waals surface area contributed by atoms with E-state index in [1.807, 2.05) is 12.1 Å². The molecule has 0 fully saturated rings. The first kappa shape index (κ1) is 25.1. The maximum atomic E-state index is 13.0. The Morgan fingerprint density at radius 3 is 2.38 bits per heavy atom. The summed E-state index contributed by atoms with van der Waals surface area (Å²) in [6, 6.07) is 12.6. The zero-order valence-electron chi connectivity index (χ0n) is 19.7. The van der Waals surface area contributed by atoms with Gasteiger partial charge in [-0.05, 0) is 64.1 Å². The number of nitrogens with one attached hydrogen (secondary N) is 2. The molecule has 0 radical (unpaired) electrons. The summed E-state index contributed by atoms with van der Waals surface area (Å²) in [5.41, 5.74) is 1.99. The molecule has 1 aliphatic heterocycles. The van der Waals surface area contributed by atoms with E-state index in [0.29, 0.717) is 17.1 Å². The summed E-state index contributed by atoms with van der Waals surface area (Å²) < 4.78 is 31.8. The highest BCUT2D eigenvalue weighted by molar-refractivity contribution is 7.89. The van der Waals surface area contributed by atoms with Gasteiger partial charge < -0.3 is 15.4 Å². The van der Waals surface area contributed by atoms with Crippen LogP contribution in [0.5, 0.6) is 0 Å². The molecule has 0 saturated carbocycles. The monoisotopic (exact) mass is 484 g/mol. The molecule has 0 bridgehead atoms. The number of carbonyl (C=O) groups excluding carboxylic acids is 2. The number of anilines is 1. The smallest absolute Gasteiger partial charge is 0.343 e. The number of carbonyl (C=O) groups is 2. The van der Waals surface area contributed by atoms with Crippen LogP contribution in [-0.2, 0) is 19.6 Å². The first-order chi connectivity index (χ1) is 16.1. The largest absolute Gasteiger partial charge is 0.462 e. The average molecular weight is 485 g/mol. The highest BCUT2D eigenvalue weighted by Crippen LogP contribution is 2.30. The Hall–Kier alpha value is -3.50. The van der Waals surface area contributed by atoms with E-state index in [1.54, 1.807) is 39.8 Å². The van der Waals surface area contributed by atoms with E-state index >= 15 is 0 Å². The second-order valence-electron chi connectivity index (χ2n) is 7.92. The Bertz CT molecular complexity index is 1260. The maximum Gasteiger partial charge on any atom is 0.343 e. The minimum atomic E-state index is -3.68. The zero-order chi connectivity index (χ0) is 25.0. The van der Waals surface area contributed by atoms with Crippen molar-refractivity contribution in [1.29, 1.82) is 0 Å². The molecule has 0 saturated heterocycles. The van der Waals surface area contributed by atoms with E-state index in [4.69, 9.17) is 4.74 Å². The maximum absolute atomic E-state index is 13.0. The zero-order valence-corrected chi connectivity index (χ0v) is 20.6. The van der Waals surface area contributed by atoms with Gasteiger partial charge in [0.2, 0.25) is 10.0 Å². The Balaban J connectivity index is 1.94. The molecule has 1 heterocycles. The number of rotatable bonds is 6. The summed E-state index contributed by atoms with van der Waals surface area (Å²) in [5.74, 6) is -1.14. The third-order valence-electron chi connectivity index (χ3n) is 5.30. The molecule has 2 aromatic carbocycles. The molecule has 10 heteroatoms. The molecule has 1 amide bonds. The van der Waals surface area contributed by atoms with Gasteiger partial charge in [0.1, 0.15) is 11.4 Å². The standard InChI is InChI=1S/C24H28N4O5S/c1-6-33-24(30)21-16(4)25-19-9-7-8-10-20(19)26-22(21)27-23(29)17-11-13-18(14-12-17)34(31,32)28(5)15(2)3/h7-15,25H,6H2,1-5H3,(H,26,27,29). The second kappa shape index (κ2) is 10.2.